The Morgan fingerprint density at radius 1 is 1.30 bits per heavy atom. The molecule has 1 saturated heterocycles. The van der Waals surface area contributed by atoms with Crippen molar-refractivity contribution < 1.29 is 14.7 Å². The lowest BCUT2D eigenvalue weighted by molar-refractivity contribution is -0.141. The van der Waals surface area contributed by atoms with Crippen LogP contribution in [0.1, 0.15) is 36.2 Å². The number of benzene rings is 1. The van der Waals surface area contributed by atoms with Gasteiger partial charge in [-0.25, -0.2) is 14.5 Å². The number of hydrogen-bond donors (Lipinski definition) is 1. The van der Waals surface area contributed by atoms with Crippen molar-refractivity contribution in [2.24, 2.45) is 0 Å². The Hall–Kier alpha value is -2.70. The Morgan fingerprint density at radius 3 is 2.70 bits per heavy atom. The van der Waals surface area contributed by atoms with Gasteiger partial charge in [0.2, 0.25) is 5.82 Å². The lowest BCUT2D eigenvalue weighted by Crippen LogP contribution is -2.40. The summed E-state index contributed by atoms with van der Waals surface area (Å²) in [7, 11) is 0. The Morgan fingerprint density at radius 2 is 2.04 bits per heavy atom. The largest absolute Gasteiger partial charge is 0.480 e. The lowest BCUT2D eigenvalue weighted by atomic mass is 10.2. The van der Waals surface area contributed by atoms with Crippen molar-refractivity contribution in [3.8, 4) is 5.69 Å². The number of para-hydroxylation sites is 1. The molecule has 1 N–H and O–H groups in total. The van der Waals surface area contributed by atoms with Crippen LogP contribution in [0.3, 0.4) is 0 Å². The number of carbonyl (C=O) groups is 2. The van der Waals surface area contributed by atoms with Crippen LogP contribution in [0, 0.1) is 0 Å². The number of rotatable bonds is 4. The molecule has 1 fully saturated rings. The van der Waals surface area contributed by atoms with Crippen molar-refractivity contribution in [3.05, 3.63) is 42.0 Å². The first-order valence-electron chi connectivity index (χ1n) is 7.67. The van der Waals surface area contributed by atoms with E-state index in [1.807, 2.05) is 37.3 Å². The number of aryl methyl sites for hydroxylation is 1. The van der Waals surface area contributed by atoms with E-state index in [9.17, 15) is 14.7 Å². The first-order valence-corrected chi connectivity index (χ1v) is 7.67. The number of amides is 1. The van der Waals surface area contributed by atoms with Gasteiger partial charge < -0.3 is 10.0 Å². The van der Waals surface area contributed by atoms with Gasteiger partial charge in [0.15, 0.2) is 0 Å². The van der Waals surface area contributed by atoms with Gasteiger partial charge in [0.1, 0.15) is 11.9 Å². The molecule has 0 bridgehead atoms. The van der Waals surface area contributed by atoms with Gasteiger partial charge in [-0.05, 0) is 25.0 Å². The molecule has 3 rings (SSSR count). The second-order valence-corrected chi connectivity index (χ2v) is 5.45. The van der Waals surface area contributed by atoms with Gasteiger partial charge >= 0.3 is 5.97 Å². The quantitative estimate of drug-likeness (QED) is 0.924. The first-order chi connectivity index (χ1) is 11.1. The van der Waals surface area contributed by atoms with Crippen LogP contribution < -0.4 is 0 Å². The van der Waals surface area contributed by atoms with Crippen LogP contribution in [0.2, 0.25) is 0 Å². The number of hydrogen-bond acceptors (Lipinski definition) is 4. The Labute approximate surface area is 133 Å². The molecule has 23 heavy (non-hydrogen) atoms. The highest BCUT2D eigenvalue weighted by Gasteiger charge is 2.36. The number of aliphatic carboxylic acids is 1. The molecule has 0 saturated carbocycles. The van der Waals surface area contributed by atoms with E-state index >= 15 is 0 Å². The molecule has 1 amide bonds. The summed E-state index contributed by atoms with van der Waals surface area (Å²) in [5.41, 5.74) is 0.826. The average Bonchev–Trinajstić information content (AvgIpc) is 3.22. The molecule has 2 aromatic rings. The van der Waals surface area contributed by atoms with Gasteiger partial charge in [-0.1, -0.05) is 25.1 Å². The number of likely N-dealkylation sites (tertiary alicyclic amines) is 1. The van der Waals surface area contributed by atoms with E-state index in [0.717, 1.165) is 5.69 Å². The number of nitrogens with zero attached hydrogens (tertiary/aromatic N) is 4. The molecule has 2 heterocycles. The SMILES string of the molecule is CCc1nc(C(=O)N2CCC[C@@H]2C(=O)O)nn1-c1ccccc1. The van der Waals surface area contributed by atoms with E-state index in [0.29, 0.717) is 31.6 Å². The molecule has 1 aliphatic rings. The number of carbonyl (C=O) groups excluding carboxylic acids is 1. The molecule has 1 atom stereocenters. The van der Waals surface area contributed by atoms with Gasteiger partial charge in [0.25, 0.3) is 5.91 Å². The van der Waals surface area contributed by atoms with Gasteiger partial charge in [0.05, 0.1) is 5.69 Å². The molecule has 7 nitrogen and oxygen atoms in total. The van der Waals surface area contributed by atoms with Crippen LogP contribution in [-0.2, 0) is 11.2 Å². The average molecular weight is 314 g/mol. The van der Waals surface area contributed by atoms with Crippen LogP contribution >= 0.6 is 0 Å². The third-order valence-corrected chi connectivity index (χ3v) is 3.98. The second-order valence-electron chi connectivity index (χ2n) is 5.45. The Kier molecular flexibility index (Phi) is 4.10. The van der Waals surface area contributed by atoms with Crippen LogP contribution in [0.5, 0.6) is 0 Å². The zero-order chi connectivity index (χ0) is 16.4. The molecule has 1 aromatic heterocycles. The van der Waals surface area contributed by atoms with Crippen LogP contribution in [-0.4, -0.2) is 49.2 Å². The molecule has 120 valence electrons. The highest BCUT2D eigenvalue weighted by molar-refractivity contribution is 5.93. The molecule has 0 radical (unpaired) electrons. The summed E-state index contributed by atoms with van der Waals surface area (Å²) in [6.45, 7) is 2.37. The van der Waals surface area contributed by atoms with Crippen molar-refractivity contribution in [1.82, 2.24) is 19.7 Å². The Bertz CT molecular complexity index is 726. The topological polar surface area (TPSA) is 88.3 Å². The van der Waals surface area contributed by atoms with E-state index in [2.05, 4.69) is 10.1 Å². The first kappa shape index (κ1) is 15.2. The maximum atomic E-state index is 12.6. The van der Waals surface area contributed by atoms with E-state index in [-0.39, 0.29) is 5.82 Å². The third kappa shape index (κ3) is 2.81. The predicted octanol–water partition coefficient (Wildman–Crippen LogP) is 1.52. The standard InChI is InChI=1S/C16H18N4O3/c1-2-13-17-14(18-20(13)11-7-4-3-5-8-11)15(21)19-10-6-9-12(19)16(22)23/h3-5,7-8,12H,2,6,9-10H2,1H3,(H,22,23)/t12-/m1/s1. The fraction of sp³-hybridized carbons (Fsp3) is 0.375. The van der Waals surface area contributed by atoms with Gasteiger partial charge in [0, 0.05) is 13.0 Å². The minimum Gasteiger partial charge on any atom is -0.480 e. The predicted molar refractivity (Wildman–Crippen MR) is 82.4 cm³/mol. The van der Waals surface area contributed by atoms with Crippen LogP contribution in [0.15, 0.2) is 30.3 Å². The van der Waals surface area contributed by atoms with Crippen LogP contribution in [0.4, 0.5) is 0 Å². The molecule has 0 unspecified atom stereocenters. The number of aromatic nitrogens is 3. The summed E-state index contributed by atoms with van der Waals surface area (Å²) in [4.78, 5) is 29.5. The fourth-order valence-corrected chi connectivity index (χ4v) is 2.83. The summed E-state index contributed by atoms with van der Waals surface area (Å²) < 4.78 is 1.64. The smallest absolute Gasteiger partial charge is 0.326 e. The van der Waals surface area contributed by atoms with E-state index in [1.165, 1.54) is 4.90 Å². The zero-order valence-electron chi connectivity index (χ0n) is 12.8. The molecular formula is C16H18N4O3. The van der Waals surface area contributed by atoms with Crippen molar-refractivity contribution in [1.29, 1.82) is 0 Å². The molecule has 0 aliphatic carbocycles. The normalized spacial score (nSPS) is 17.4. The highest BCUT2D eigenvalue weighted by atomic mass is 16.4. The summed E-state index contributed by atoms with van der Waals surface area (Å²) in [6.07, 6.45) is 1.78. The summed E-state index contributed by atoms with van der Waals surface area (Å²) in [5, 5.41) is 13.5. The molecule has 0 spiro atoms. The van der Waals surface area contributed by atoms with Crippen molar-refractivity contribution >= 4 is 11.9 Å². The number of carboxylic acid groups (broad SMARTS) is 1. The highest BCUT2D eigenvalue weighted by Crippen LogP contribution is 2.20. The minimum atomic E-state index is -0.978. The van der Waals surface area contributed by atoms with Crippen LogP contribution in [0.25, 0.3) is 5.69 Å². The fourth-order valence-electron chi connectivity index (χ4n) is 2.83. The van der Waals surface area contributed by atoms with E-state index in [1.54, 1.807) is 4.68 Å². The van der Waals surface area contributed by atoms with Crippen molar-refractivity contribution in [3.63, 3.8) is 0 Å². The minimum absolute atomic E-state index is 0.0545. The second kappa shape index (κ2) is 6.20. The zero-order valence-corrected chi connectivity index (χ0v) is 12.8. The molecule has 1 aromatic carbocycles. The molecular weight excluding hydrogens is 296 g/mol. The molecule has 1 aliphatic heterocycles. The van der Waals surface area contributed by atoms with Crippen molar-refractivity contribution in [2.75, 3.05) is 6.54 Å². The van der Waals surface area contributed by atoms with E-state index < -0.39 is 17.9 Å². The summed E-state index contributed by atoms with van der Waals surface area (Å²) >= 11 is 0. The lowest BCUT2D eigenvalue weighted by Gasteiger charge is -2.19. The van der Waals surface area contributed by atoms with Gasteiger partial charge in [-0.15, -0.1) is 5.10 Å². The van der Waals surface area contributed by atoms with Crippen molar-refractivity contribution in [2.45, 2.75) is 32.2 Å². The third-order valence-electron chi connectivity index (χ3n) is 3.98. The van der Waals surface area contributed by atoms with Gasteiger partial charge in [-0.2, -0.15) is 0 Å². The van der Waals surface area contributed by atoms with E-state index in [4.69, 9.17) is 0 Å². The summed E-state index contributed by atoms with van der Waals surface area (Å²) in [6, 6.07) is 8.67. The van der Waals surface area contributed by atoms with Gasteiger partial charge in [-0.3, -0.25) is 4.79 Å². The number of carboxylic acids is 1. The molecule has 7 heteroatoms. The Balaban J connectivity index is 1.93. The monoisotopic (exact) mass is 314 g/mol. The maximum absolute atomic E-state index is 12.6. The summed E-state index contributed by atoms with van der Waals surface area (Å²) in [5.74, 6) is -0.669. The maximum Gasteiger partial charge on any atom is 0.326 e.